The predicted octanol–water partition coefficient (Wildman–Crippen LogP) is 7.76. The van der Waals surface area contributed by atoms with Crippen molar-refractivity contribution < 1.29 is 0 Å². The van der Waals surface area contributed by atoms with Gasteiger partial charge in [-0.2, -0.15) is 0 Å². The molecule has 2 fully saturated rings. The Bertz CT molecular complexity index is 635. The van der Waals surface area contributed by atoms with Crippen LogP contribution in [-0.2, 0) is 0 Å². The molecule has 0 aliphatic heterocycles. The predicted molar refractivity (Wildman–Crippen MR) is 113 cm³/mol. The fraction of sp³-hybridized carbons (Fsp3) is 0.462. The zero-order chi connectivity index (χ0) is 17.6. The van der Waals surface area contributed by atoms with Crippen molar-refractivity contribution >= 4 is 11.1 Å². The van der Waals surface area contributed by atoms with Gasteiger partial charge in [-0.05, 0) is 59.8 Å². The van der Waals surface area contributed by atoms with Crippen LogP contribution >= 0.6 is 0 Å². The van der Waals surface area contributed by atoms with Crippen LogP contribution < -0.4 is 0 Å². The van der Waals surface area contributed by atoms with E-state index < -0.39 is 0 Å². The van der Waals surface area contributed by atoms with Gasteiger partial charge in [-0.25, -0.2) is 0 Å². The molecule has 2 aliphatic rings. The first-order valence-corrected chi connectivity index (χ1v) is 10.8. The van der Waals surface area contributed by atoms with Gasteiger partial charge in [0.15, 0.2) is 0 Å². The summed E-state index contributed by atoms with van der Waals surface area (Å²) in [6.07, 6.45) is 13.9. The van der Waals surface area contributed by atoms with E-state index in [0.29, 0.717) is 0 Å². The Hall–Kier alpha value is -1.82. The zero-order valence-corrected chi connectivity index (χ0v) is 16.0. The number of allylic oxidation sites excluding steroid dienone is 2. The summed E-state index contributed by atoms with van der Waals surface area (Å²) in [6.45, 7) is 0. The summed E-state index contributed by atoms with van der Waals surface area (Å²) in [5, 5.41) is 0. The van der Waals surface area contributed by atoms with Crippen LogP contribution in [0.25, 0.3) is 11.1 Å². The lowest BCUT2D eigenvalue weighted by Gasteiger charge is -2.33. The Morgan fingerprint density at radius 3 is 1.15 bits per heavy atom. The molecule has 0 bridgehead atoms. The molecule has 26 heavy (non-hydrogen) atoms. The minimum atomic E-state index is 0.739. The van der Waals surface area contributed by atoms with Crippen molar-refractivity contribution in [2.75, 3.05) is 0 Å². The van der Waals surface area contributed by atoms with Gasteiger partial charge in [-0.1, -0.05) is 99.2 Å². The van der Waals surface area contributed by atoms with E-state index in [0.717, 1.165) is 11.8 Å². The second-order valence-corrected chi connectivity index (χ2v) is 8.23. The van der Waals surface area contributed by atoms with Crippen LogP contribution in [0.2, 0.25) is 0 Å². The van der Waals surface area contributed by atoms with E-state index in [1.807, 2.05) is 0 Å². The monoisotopic (exact) mass is 344 g/mol. The van der Waals surface area contributed by atoms with E-state index in [-0.39, 0.29) is 0 Å². The van der Waals surface area contributed by atoms with E-state index >= 15 is 0 Å². The molecule has 0 unspecified atom stereocenters. The largest absolute Gasteiger partial charge is 0.0622 e. The molecule has 0 amide bonds. The maximum atomic E-state index is 2.36. The van der Waals surface area contributed by atoms with E-state index in [4.69, 9.17) is 0 Å². The molecule has 4 rings (SSSR count). The first-order valence-electron chi connectivity index (χ1n) is 10.8. The maximum Gasteiger partial charge on any atom is -0.0153 e. The van der Waals surface area contributed by atoms with Crippen LogP contribution in [0.1, 0.15) is 75.3 Å². The van der Waals surface area contributed by atoms with Crippen molar-refractivity contribution in [1.82, 2.24) is 0 Å². The highest BCUT2D eigenvalue weighted by Crippen LogP contribution is 2.46. The molecule has 2 aromatic rings. The molecule has 0 N–H and O–H groups in total. The number of hydrogen-bond donors (Lipinski definition) is 0. The summed E-state index contributed by atoms with van der Waals surface area (Å²) < 4.78 is 0. The molecule has 0 heteroatoms. The van der Waals surface area contributed by atoms with E-state index in [1.54, 1.807) is 11.1 Å². The van der Waals surface area contributed by atoms with Crippen molar-refractivity contribution in [3.05, 3.63) is 71.8 Å². The third-order valence-electron chi connectivity index (χ3n) is 6.49. The second kappa shape index (κ2) is 8.71. The first kappa shape index (κ1) is 17.6. The van der Waals surface area contributed by atoms with Crippen molar-refractivity contribution in [2.45, 2.75) is 64.2 Å². The summed E-state index contributed by atoms with van der Waals surface area (Å²) in [5.41, 5.74) is 6.32. The van der Waals surface area contributed by atoms with Crippen LogP contribution in [0.3, 0.4) is 0 Å². The van der Waals surface area contributed by atoms with Gasteiger partial charge in [-0.3, -0.25) is 0 Å². The van der Waals surface area contributed by atoms with Crippen molar-refractivity contribution in [2.24, 2.45) is 11.8 Å². The Morgan fingerprint density at radius 2 is 0.808 bits per heavy atom. The van der Waals surface area contributed by atoms with Crippen LogP contribution in [0.5, 0.6) is 0 Å². The minimum absolute atomic E-state index is 0.739. The van der Waals surface area contributed by atoms with Crippen molar-refractivity contribution in [1.29, 1.82) is 0 Å². The molecule has 0 radical (unpaired) electrons. The lowest BCUT2D eigenvalue weighted by atomic mass is 9.72. The Labute approximate surface area is 159 Å². The Balaban J connectivity index is 1.88. The Morgan fingerprint density at radius 1 is 0.462 bits per heavy atom. The van der Waals surface area contributed by atoms with Gasteiger partial charge in [-0.15, -0.1) is 0 Å². The zero-order valence-electron chi connectivity index (χ0n) is 16.0. The average Bonchev–Trinajstić information content (AvgIpc) is 2.74. The summed E-state index contributed by atoms with van der Waals surface area (Å²) in [4.78, 5) is 0. The topological polar surface area (TPSA) is 0 Å². The number of benzene rings is 2. The fourth-order valence-electron chi connectivity index (χ4n) is 5.24. The summed E-state index contributed by atoms with van der Waals surface area (Å²) in [5.74, 6) is 1.48. The minimum Gasteiger partial charge on any atom is -0.0622 e. The molecule has 0 atom stereocenters. The molecular formula is C26H32. The molecule has 136 valence electrons. The number of rotatable bonds is 4. The van der Waals surface area contributed by atoms with Gasteiger partial charge in [0.1, 0.15) is 0 Å². The van der Waals surface area contributed by atoms with Gasteiger partial charge in [0, 0.05) is 0 Å². The van der Waals surface area contributed by atoms with Gasteiger partial charge in [0.05, 0.1) is 0 Å². The molecular weight excluding hydrogens is 312 g/mol. The van der Waals surface area contributed by atoms with E-state index in [9.17, 15) is 0 Å². The standard InChI is InChI=1S/C26H32/c1-5-13-21(14-6-1)25(22-15-7-2-8-16-22)26(23-17-9-3-10-18-23)24-19-11-4-12-20-24/h1,3,5-6,9-10,13-14,17-18,22,24H,2,4,7-8,11-12,15-16,19-20H2/b26-25+. The lowest BCUT2D eigenvalue weighted by molar-refractivity contribution is 0.416. The molecule has 2 saturated carbocycles. The van der Waals surface area contributed by atoms with Crippen molar-refractivity contribution in [3.63, 3.8) is 0 Å². The van der Waals surface area contributed by atoms with Crippen LogP contribution in [-0.4, -0.2) is 0 Å². The summed E-state index contributed by atoms with van der Waals surface area (Å²) >= 11 is 0. The van der Waals surface area contributed by atoms with Crippen molar-refractivity contribution in [3.8, 4) is 0 Å². The third kappa shape index (κ3) is 3.95. The van der Waals surface area contributed by atoms with E-state index in [1.165, 1.54) is 75.3 Å². The van der Waals surface area contributed by atoms with Gasteiger partial charge in [0.2, 0.25) is 0 Å². The van der Waals surface area contributed by atoms with E-state index in [2.05, 4.69) is 60.7 Å². The molecule has 2 aromatic carbocycles. The van der Waals surface area contributed by atoms with Gasteiger partial charge in [0.25, 0.3) is 0 Å². The first-order chi connectivity index (χ1) is 12.9. The highest BCUT2D eigenvalue weighted by Gasteiger charge is 2.28. The SMILES string of the molecule is c1ccc(/C(=C(/c2ccccc2)C2CCCCC2)C2CCCCC2)cc1. The summed E-state index contributed by atoms with van der Waals surface area (Å²) in [7, 11) is 0. The molecule has 0 spiro atoms. The third-order valence-corrected chi connectivity index (χ3v) is 6.49. The quantitative estimate of drug-likeness (QED) is 0.497. The highest BCUT2D eigenvalue weighted by molar-refractivity contribution is 5.92. The molecule has 0 aromatic heterocycles. The molecule has 0 heterocycles. The summed E-state index contributed by atoms with van der Waals surface area (Å²) in [6, 6.07) is 22.6. The second-order valence-electron chi connectivity index (χ2n) is 8.23. The Kier molecular flexibility index (Phi) is 5.89. The van der Waals surface area contributed by atoms with Crippen LogP contribution in [0.4, 0.5) is 0 Å². The van der Waals surface area contributed by atoms with Gasteiger partial charge >= 0.3 is 0 Å². The average molecular weight is 345 g/mol. The lowest BCUT2D eigenvalue weighted by Crippen LogP contribution is -2.16. The fourth-order valence-corrected chi connectivity index (χ4v) is 5.24. The normalized spacial score (nSPS) is 20.6. The van der Waals surface area contributed by atoms with Gasteiger partial charge < -0.3 is 0 Å². The van der Waals surface area contributed by atoms with Crippen LogP contribution in [0, 0.1) is 11.8 Å². The molecule has 2 aliphatic carbocycles. The number of hydrogen-bond acceptors (Lipinski definition) is 0. The van der Waals surface area contributed by atoms with Crippen LogP contribution in [0.15, 0.2) is 60.7 Å². The molecule has 0 nitrogen and oxygen atoms in total. The maximum absolute atomic E-state index is 2.36. The smallest absolute Gasteiger partial charge is 0.0153 e. The highest BCUT2D eigenvalue weighted by atomic mass is 14.3. The molecule has 0 saturated heterocycles.